The van der Waals surface area contributed by atoms with E-state index in [1.165, 1.54) is 0 Å². The SMILES string of the molecule is CC(C)n1cnc(Nc2nc(N3CCC[C@H]3C(=O)O)nc3cccn23)c1. The highest BCUT2D eigenvalue weighted by Crippen LogP contribution is 2.25. The third kappa shape index (κ3) is 2.85. The molecule has 9 nitrogen and oxygen atoms in total. The van der Waals surface area contributed by atoms with Crippen molar-refractivity contribution >= 4 is 29.3 Å². The molecular formula is C17H21N7O2. The Morgan fingerprint density at radius 1 is 1.38 bits per heavy atom. The third-order valence-corrected chi connectivity index (χ3v) is 4.61. The number of aliphatic carboxylic acids is 1. The highest BCUT2D eigenvalue weighted by atomic mass is 16.4. The topological polar surface area (TPSA) is 101 Å². The van der Waals surface area contributed by atoms with Crippen molar-refractivity contribution in [1.82, 2.24) is 23.9 Å². The van der Waals surface area contributed by atoms with Crippen LogP contribution < -0.4 is 10.2 Å². The number of imidazole rings is 1. The van der Waals surface area contributed by atoms with E-state index in [0.29, 0.717) is 42.4 Å². The quantitative estimate of drug-likeness (QED) is 0.724. The standard InChI is InChI=1S/C17H21N7O2/c1-11(2)22-9-13(18-10-22)19-16-21-17(20-14-6-4-8-24(14)16)23-7-3-5-12(23)15(25)26/h4,6,8-12H,3,5,7H2,1-2H3,(H,25,26)(H,19,20,21)/t12-/m0/s1. The molecule has 0 amide bonds. The first-order valence-electron chi connectivity index (χ1n) is 8.68. The van der Waals surface area contributed by atoms with E-state index >= 15 is 0 Å². The van der Waals surface area contributed by atoms with Crippen molar-refractivity contribution in [2.75, 3.05) is 16.8 Å². The van der Waals surface area contributed by atoms with Gasteiger partial charge in [0, 0.05) is 25.0 Å². The number of rotatable bonds is 5. The normalized spacial score (nSPS) is 17.3. The molecule has 3 aromatic heterocycles. The van der Waals surface area contributed by atoms with Crippen LogP contribution in [0.4, 0.5) is 17.7 Å². The minimum absolute atomic E-state index is 0.312. The van der Waals surface area contributed by atoms with Gasteiger partial charge >= 0.3 is 5.97 Å². The fraction of sp³-hybridized carbons (Fsp3) is 0.412. The largest absolute Gasteiger partial charge is 0.480 e. The number of carboxylic acids is 1. The molecule has 0 aromatic carbocycles. The summed E-state index contributed by atoms with van der Waals surface area (Å²) in [6.07, 6.45) is 6.96. The summed E-state index contributed by atoms with van der Waals surface area (Å²) in [5.41, 5.74) is 0.705. The van der Waals surface area contributed by atoms with Crippen molar-refractivity contribution < 1.29 is 9.90 Å². The summed E-state index contributed by atoms with van der Waals surface area (Å²) in [5.74, 6) is 0.813. The Balaban J connectivity index is 1.71. The number of carbonyl (C=O) groups is 1. The molecule has 3 aromatic rings. The van der Waals surface area contributed by atoms with Gasteiger partial charge in [-0.3, -0.25) is 4.40 Å². The van der Waals surface area contributed by atoms with E-state index in [1.807, 2.05) is 33.5 Å². The van der Waals surface area contributed by atoms with Crippen LogP contribution in [0.15, 0.2) is 30.9 Å². The monoisotopic (exact) mass is 355 g/mol. The molecule has 0 radical (unpaired) electrons. The van der Waals surface area contributed by atoms with Crippen molar-refractivity contribution in [1.29, 1.82) is 0 Å². The molecule has 2 N–H and O–H groups in total. The van der Waals surface area contributed by atoms with Crippen LogP contribution >= 0.6 is 0 Å². The fourth-order valence-electron chi connectivity index (χ4n) is 3.20. The molecule has 1 aliphatic heterocycles. The third-order valence-electron chi connectivity index (χ3n) is 4.61. The van der Waals surface area contributed by atoms with Crippen LogP contribution in [0, 0.1) is 0 Å². The maximum absolute atomic E-state index is 11.5. The first kappa shape index (κ1) is 16.4. The van der Waals surface area contributed by atoms with Crippen LogP contribution in [0.5, 0.6) is 0 Å². The molecule has 1 fully saturated rings. The van der Waals surface area contributed by atoms with Gasteiger partial charge in [-0.05, 0) is 38.8 Å². The molecule has 0 aliphatic carbocycles. The van der Waals surface area contributed by atoms with Gasteiger partial charge in [-0.15, -0.1) is 0 Å². The van der Waals surface area contributed by atoms with Crippen LogP contribution in [0.1, 0.15) is 32.7 Å². The van der Waals surface area contributed by atoms with Gasteiger partial charge in [-0.25, -0.2) is 9.78 Å². The van der Waals surface area contributed by atoms with Crippen LogP contribution in [-0.2, 0) is 4.79 Å². The summed E-state index contributed by atoms with van der Waals surface area (Å²) >= 11 is 0. The summed E-state index contributed by atoms with van der Waals surface area (Å²) in [5, 5.41) is 12.7. The zero-order valence-corrected chi connectivity index (χ0v) is 14.7. The van der Waals surface area contributed by atoms with Gasteiger partial charge in [-0.1, -0.05) is 0 Å². The van der Waals surface area contributed by atoms with Crippen LogP contribution in [-0.4, -0.2) is 47.6 Å². The Morgan fingerprint density at radius 3 is 2.96 bits per heavy atom. The molecule has 136 valence electrons. The smallest absolute Gasteiger partial charge is 0.326 e. The zero-order valence-electron chi connectivity index (χ0n) is 14.7. The summed E-state index contributed by atoms with van der Waals surface area (Å²) < 4.78 is 3.82. The Kier molecular flexibility index (Phi) is 3.98. The Bertz CT molecular complexity index is 946. The summed E-state index contributed by atoms with van der Waals surface area (Å²) in [6.45, 7) is 4.80. The van der Waals surface area contributed by atoms with E-state index in [-0.39, 0.29) is 0 Å². The number of nitrogens with zero attached hydrogens (tertiary/aromatic N) is 6. The number of nitrogens with one attached hydrogen (secondary N) is 1. The van der Waals surface area contributed by atoms with Crippen molar-refractivity contribution in [2.24, 2.45) is 0 Å². The van der Waals surface area contributed by atoms with Crippen molar-refractivity contribution in [2.45, 2.75) is 38.8 Å². The molecule has 4 heterocycles. The van der Waals surface area contributed by atoms with E-state index < -0.39 is 12.0 Å². The summed E-state index contributed by atoms with van der Waals surface area (Å²) in [6, 6.07) is 3.48. The lowest BCUT2D eigenvalue weighted by atomic mass is 10.2. The summed E-state index contributed by atoms with van der Waals surface area (Å²) in [4.78, 5) is 26.8. The number of fused-ring (bicyclic) bond motifs is 1. The van der Waals surface area contributed by atoms with Gasteiger partial charge in [0.2, 0.25) is 11.9 Å². The number of hydrogen-bond acceptors (Lipinski definition) is 6. The predicted octanol–water partition coefficient (Wildman–Crippen LogP) is 2.30. The first-order chi connectivity index (χ1) is 12.5. The molecule has 26 heavy (non-hydrogen) atoms. The second-order valence-corrected chi connectivity index (χ2v) is 6.70. The van der Waals surface area contributed by atoms with Crippen molar-refractivity contribution in [3.63, 3.8) is 0 Å². The van der Waals surface area contributed by atoms with Gasteiger partial charge in [0.25, 0.3) is 0 Å². The Hall–Kier alpha value is -3.10. The molecule has 1 atom stereocenters. The number of carboxylic acid groups (broad SMARTS) is 1. The van der Waals surface area contributed by atoms with E-state index in [2.05, 4.69) is 34.1 Å². The molecule has 0 spiro atoms. The van der Waals surface area contributed by atoms with Crippen LogP contribution in [0.25, 0.3) is 5.65 Å². The first-order valence-corrected chi connectivity index (χ1v) is 8.68. The van der Waals surface area contributed by atoms with E-state index in [1.54, 1.807) is 11.2 Å². The van der Waals surface area contributed by atoms with Crippen LogP contribution in [0.3, 0.4) is 0 Å². The number of aromatic nitrogens is 5. The fourth-order valence-corrected chi connectivity index (χ4v) is 3.20. The van der Waals surface area contributed by atoms with Gasteiger partial charge in [0.15, 0.2) is 5.82 Å². The summed E-state index contributed by atoms with van der Waals surface area (Å²) in [7, 11) is 0. The molecule has 9 heteroatoms. The highest BCUT2D eigenvalue weighted by Gasteiger charge is 2.32. The highest BCUT2D eigenvalue weighted by molar-refractivity contribution is 5.78. The van der Waals surface area contributed by atoms with Crippen molar-refractivity contribution in [3.05, 3.63) is 30.9 Å². The maximum Gasteiger partial charge on any atom is 0.326 e. The number of hydrogen-bond donors (Lipinski definition) is 2. The molecule has 1 saturated heterocycles. The lowest BCUT2D eigenvalue weighted by Crippen LogP contribution is -2.37. The van der Waals surface area contributed by atoms with Gasteiger partial charge in [0.05, 0.1) is 6.33 Å². The molecule has 1 aliphatic rings. The average molecular weight is 355 g/mol. The van der Waals surface area contributed by atoms with Gasteiger partial charge in [-0.2, -0.15) is 9.97 Å². The molecule has 4 rings (SSSR count). The minimum atomic E-state index is -0.841. The van der Waals surface area contributed by atoms with E-state index in [4.69, 9.17) is 0 Å². The predicted molar refractivity (Wildman–Crippen MR) is 96.9 cm³/mol. The zero-order chi connectivity index (χ0) is 18.3. The molecule has 0 bridgehead atoms. The second-order valence-electron chi connectivity index (χ2n) is 6.70. The Morgan fingerprint density at radius 2 is 2.23 bits per heavy atom. The average Bonchev–Trinajstić information content (AvgIpc) is 3.34. The molecular weight excluding hydrogens is 334 g/mol. The molecule has 0 unspecified atom stereocenters. The number of anilines is 3. The van der Waals surface area contributed by atoms with Crippen molar-refractivity contribution in [3.8, 4) is 0 Å². The van der Waals surface area contributed by atoms with E-state index in [0.717, 1.165) is 6.42 Å². The lowest BCUT2D eigenvalue weighted by Gasteiger charge is -2.22. The lowest BCUT2D eigenvalue weighted by molar-refractivity contribution is -0.138. The second kappa shape index (κ2) is 6.32. The maximum atomic E-state index is 11.5. The van der Waals surface area contributed by atoms with Gasteiger partial charge in [0.1, 0.15) is 11.7 Å². The molecule has 0 saturated carbocycles. The van der Waals surface area contributed by atoms with Crippen LogP contribution in [0.2, 0.25) is 0 Å². The van der Waals surface area contributed by atoms with E-state index in [9.17, 15) is 9.90 Å². The minimum Gasteiger partial charge on any atom is -0.480 e. The van der Waals surface area contributed by atoms with Gasteiger partial charge < -0.3 is 19.9 Å². The Labute approximate surface area is 150 Å².